The van der Waals surface area contributed by atoms with Gasteiger partial charge in [0.15, 0.2) is 0 Å². The number of guanidine groups is 1. The van der Waals surface area contributed by atoms with Crippen LogP contribution in [0, 0.1) is 5.92 Å². The van der Waals surface area contributed by atoms with Crippen molar-refractivity contribution in [1.82, 2.24) is 10.3 Å². The van der Waals surface area contributed by atoms with Crippen LogP contribution in [-0.2, 0) is 4.74 Å². The maximum absolute atomic E-state index is 5.60. The van der Waals surface area contributed by atoms with Gasteiger partial charge in [-0.05, 0) is 25.7 Å². The van der Waals surface area contributed by atoms with Crippen LogP contribution in [0.4, 0.5) is 0 Å². The van der Waals surface area contributed by atoms with Crippen LogP contribution in [0.2, 0.25) is 0 Å². The first kappa shape index (κ1) is 15.2. The van der Waals surface area contributed by atoms with Crippen molar-refractivity contribution in [2.45, 2.75) is 51.6 Å². The van der Waals surface area contributed by atoms with Crippen LogP contribution >= 0.6 is 0 Å². The van der Waals surface area contributed by atoms with Crippen molar-refractivity contribution >= 4 is 5.96 Å². The van der Waals surface area contributed by atoms with Crippen LogP contribution in [0.5, 0.6) is 0 Å². The first-order valence-corrected chi connectivity index (χ1v) is 6.84. The number of hydrogen-bond donors (Lipinski definition) is 2. The second kappa shape index (κ2) is 7.59. The van der Waals surface area contributed by atoms with Crippen molar-refractivity contribution in [1.29, 1.82) is 0 Å². The Morgan fingerprint density at radius 2 is 2.28 bits per heavy atom. The Morgan fingerprint density at radius 3 is 2.83 bits per heavy atom. The zero-order chi connectivity index (χ0) is 13.5. The summed E-state index contributed by atoms with van der Waals surface area (Å²) in [6.45, 7) is 4.96. The summed E-state index contributed by atoms with van der Waals surface area (Å²) < 4.78 is 5.10. The van der Waals surface area contributed by atoms with Crippen molar-refractivity contribution in [2.24, 2.45) is 16.8 Å². The van der Waals surface area contributed by atoms with E-state index in [1.54, 1.807) is 7.11 Å². The van der Waals surface area contributed by atoms with Gasteiger partial charge >= 0.3 is 0 Å². The van der Waals surface area contributed by atoms with Crippen molar-refractivity contribution < 1.29 is 4.74 Å². The van der Waals surface area contributed by atoms with Gasteiger partial charge in [-0.3, -0.25) is 5.43 Å². The van der Waals surface area contributed by atoms with Gasteiger partial charge in [0.2, 0.25) is 5.96 Å². The van der Waals surface area contributed by atoms with Gasteiger partial charge in [-0.15, -0.1) is 0 Å². The minimum Gasteiger partial charge on any atom is -0.382 e. The molecule has 3 N–H and O–H groups in total. The number of nitrogens with zero attached hydrogens (tertiary/aromatic N) is 2. The number of ether oxygens (including phenoxy) is 1. The summed E-state index contributed by atoms with van der Waals surface area (Å²) in [6.07, 6.45) is 5.07. The van der Waals surface area contributed by atoms with Crippen LogP contribution < -0.4 is 11.3 Å². The molecule has 3 atom stereocenters. The molecule has 0 spiro atoms. The third kappa shape index (κ3) is 4.46. The van der Waals surface area contributed by atoms with Gasteiger partial charge in [0, 0.05) is 20.2 Å². The number of rotatable bonds is 4. The molecule has 5 nitrogen and oxygen atoms in total. The fourth-order valence-electron chi connectivity index (χ4n) is 2.64. The fourth-order valence-corrected chi connectivity index (χ4v) is 2.64. The number of nitrogens with two attached hydrogens (primary N) is 1. The van der Waals surface area contributed by atoms with Gasteiger partial charge in [-0.2, -0.15) is 0 Å². The summed E-state index contributed by atoms with van der Waals surface area (Å²) in [5.74, 6) is 7.15. The van der Waals surface area contributed by atoms with E-state index in [1.165, 1.54) is 25.7 Å². The van der Waals surface area contributed by atoms with Crippen molar-refractivity contribution in [3.63, 3.8) is 0 Å². The normalized spacial score (nSPS) is 26.8. The fraction of sp³-hybridized carbons (Fsp3) is 0.923. The van der Waals surface area contributed by atoms with Crippen molar-refractivity contribution in [2.75, 3.05) is 20.8 Å². The molecule has 18 heavy (non-hydrogen) atoms. The molecule has 1 aliphatic carbocycles. The number of aliphatic imine (C=N–C) groups is 1. The van der Waals surface area contributed by atoms with Crippen LogP contribution in [0.1, 0.15) is 39.5 Å². The molecule has 0 aromatic carbocycles. The molecule has 106 valence electrons. The average molecular weight is 256 g/mol. The summed E-state index contributed by atoms with van der Waals surface area (Å²) in [5, 5.41) is 0. The molecule has 0 heterocycles. The Labute approximate surface area is 111 Å². The zero-order valence-corrected chi connectivity index (χ0v) is 12.1. The van der Waals surface area contributed by atoms with E-state index in [-0.39, 0.29) is 6.04 Å². The van der Waals surface area contributed by atoms with Gasteiger partial charge in [-0.1, -0.05) is 19.8 Å². The van der Waals surface area contributed by atoms with Crippen LogP contribution in [0.15, 0.2) is 4.99 Å². The van der Waals surface area contributed by atoms with E-state index in [9.17, 15) is 0 Å². The van der Waals surface area contributed by atoms with Gasteiger partial charge in [0.1, 0.15) is 0 Å². The molecule has 0 aromatic heterocycles. The van der Waals surface area contributed by atoms with Gasteiger partial charge in [-0.25, -0.2) is 10.8 Å². The number of hydrogen-bond acceptors (Lipinski definition) is 3. The molecular weight excluding hydrogens is 228 g/mol. The molecule has 0 saturated heterocycles. The molecule has 0 amide bonds. The van der Waals surface area contributed by atoms with Crippen LogP contribution in [0.25, 0.3) is 0 Å². The highest BCUT2D eigenvalue weighted by Crippen LogP contribution is 2.26. The third-order valence-corrected chi connectivity index (χ3v) is 3.67. The van der Waals surface area contributed by atoms with E-state index < -0.39 is 0 Å². The maximum Gasteiger partial charge on any atom is 0.208 e. The molecule has 0 radical (unpaired) electrons. The van der Waals surface area contributed by atoms with E-state index in [0.29, 0.717) is 12.6 Å². The molecule has 1 fully saturated rings. The standard InChI is InChI=1S/C13H28N4O/c1-10-6-5-7-12(8-10)17(3)13(16-14)15-11(2)9-18-4/h10-12H,5-9,14H2,1-4H3,(H,15,16). The quantitative estimate of drug-likeness (QED) is 0.345. The van der Waals surface area contributed by atoms with Gasteiger partial charge < -0.3 is 9.64 Å². The van der Waals surface area contributed by atoms with Crippen molar-refractivity contribution in [3.8, 4) is 0 Å². The summed E-state index contributed by atoms with van der Waals surface area (Å²) in [6, 6.07) is 0.655. The highest BCUT2D eigenvalue weighted by molar-refractivity contribution is 5.79. The van der Waals surface area contributed by atoms with Crippen molar-refractivity contribution in [3.05, 3.63) is 0 Å². The second-order valence-electron chi connectivity index (χ2n) is 5.44. The summed E-state index contributed by atoms with van der Waals surface area (Å²) in [7, 11) is 3.76. The van der Waals surface area contributed by atoms with Crippen LogP contribution in [0.3, 0.4) is 0 Å². The molecule has 1 aliphatic rings. The predicted octanol–water partition coefficient (Wildman–Crippen LogP) is 1.35. The molecule has 1 saturated carbocycles. The van der Waals surface area contributed by atoms with E-state index in [4.69, 9.17) is 10.6 Å². The smallest absolute Gasteiger partial charge is 0.208 e. The molecule has 1 rings (SSSR count). The maximum atomic E-state index is 5.60. The average Bonchev–Trinajstić information content (AvgIpc) is 2.35. The highest BCUT2D eigenvalue weighted by atomic mass is 16.5. The van der Waals surface area contributed by atoms with E-state index in [2.05, 4.69) is 29.3 Å². The highest BCUT2D eigenvalue weighted by Gasteiger charge is 2.24. The van der Waals surface area contributed by atoms with Crippen LogP contribution in [-0.4, -0.2) is 43.7 Å². The molecule has 3 unspecified atom stereocenters. The zero-order valence-electron chi connectivity index (χ0n) is 12.1. The minimum atomic E-state index is 0.115. The Morgan fingerprint density at radius 1 is 1.56 bits per heavy atom. The number of hydrazine groups is 1. The lowest BCUT2D eigenvalue weighted by Crippen LogP contribution is -2.49. The lowest BCUT2D eigenvalue weighted by Gasteiger charge is -2.35. The Kier molecular flexibility index (Phi) is 6.43. The largest absolute Gasteiger partial charge is 0.382 e. The Hall–Kier alpha value is -0.810. The first-order valence-electron chi connectivity index (χ1n) is 6.84. The van der Waals surface area contributed by atoms with E-state index in [0.717, 1.165) is 11.9 Å². The monoisotopic (exact) mass is 256 g/mol. The van der Waals surface area contributed by atoms with Gasteiger partial charge in [0.25, 0.3) is 0 Å². The number of methoxy groups -OCH3 is 1. The molecule has 5 heteroatoms. The SMILES string of the molecule is COCC(C)N=C(NN)N(C)C1CCCC(C)C1. The number of nitrogens with one attached hydrogen (secondary N) is 1. The summed E-state index contributed by atoms with van der Waals surface area (Å²) >= 11 is 0. The lowest BCUT2D eigenvalue weighted by atomic mass is 9.86. The van der Waals surface area contributed by atoms with Gasteiger partial charge in [0.05, 0.1) is 12.6 Å². The predicted molar refractivity (Wildman–Crippen MR) is 75.3 cm³/mol. The molecule has 0 aromatic rings. The minimum absolute atomic E-state index is 0.115. The molecule has 0 aliphatic heterocycles. The Bertz CT molecular complexity index is 270. The summed E-state index contributed by atoms with van der Waals surface area (Å²) in [5.41, 5.74) is 2.72. The molecular formula is C13H28N4O. The first-order chi connectivity index (χ1) is 8.58. The topological polar surface area (TPSA) is 62.9 Å². The third-order valence-electron chi connectivity index (χ3n) is 3.67. The van der Waals surface area contributed by atoms with E-state index in [1.807, 2.05) is 6.92 Å². The van der Waals surface area contributed by atoms with E-state index >= 15 is 0 Å². The Balaban J connectivity index is 2.62. The second-order valence-corrected chi connectivity index (χ2v) is 5.44. The summed E-state index contributed by atoms with van der Waals surface area (Å²) in [4.78, 5) is 6.75. The molecule has 0 bridgehead atoms. The lowest BCUT2D eigenvalue weighted by molar-refractivity contribution is 0.183.